The molecule has 0 N–H and O–H groups in total. The van der Waals surface area contributed by atoms with E-state index in [9.17, 15) is 0 Å². The third kappa shape index (κ3) is 2.20. The van der Waals surface area contributed by atoms with Gasteiger partial charge in [-0.15, -0.1) is 5.10 Å². The van der Waals surface area contributed by atoms with Crippen LogP contribution in [0, 0.1) is 19.3 Å². The van der Waals surface area contributed by atoms with E-state index in [-0.39, 0.29) is 0 Å². The Morgan fingerprint density at radius 2 is 2.10 bits per heavy atom. The van der Waals surface area contributed by atoms with Crippen molar-refractivity contribution in [2.45, 2.75) is 52.1 Å². The van der Waals surface area contributed by atoms with Gasteiger partial charge in [0, 0.05) is 25.6 Å². The summed E-state index contributed by atoms with van der Waals surface area (Å²) in [6.45, 7) is 6.44. The maximum atomic E-state index is 5.78. The number of aryl methyl sites for hydroxylation is 1. The first kappa shape index (κ1) is 13.8. The monoisotopic (exact) mass is 275 g/mol. The molecule has 3 rings (SSSR count). The maximum absolute atomic E-state index is 5.78. The van der Waals surface area contributed by atoms with E-state index in [0.29, 0.717) is 11.5 Å². The molecule has 1 saturated heterocycles. The Morgan fingerprint density at radius 1 is 1.30 bits per heavy atom. The third-order valence-electron chi connectivity index (χ3n) is 5.35. The van der Waals surface area contributed by atoms with Gasteiger partial charge < -0.3 is 9.64 Å². The van der Waals surface area contributed by atoms with Gasteiger partial charge in [0.25, 0.3) is 0 Å². The molecule has 0 aromatic carbocycles. The van der Waals surface area contributed by atoms with Gasteiger partial charge in [0.15, 0.2) is 5.82 Å². The number of rotatable bonds is 2. The first-order valence-electron chi connectivity index (χ1n) is 7.73. The van der Waals surface area contributed by atoms with Crippen LogP contribution in [0.1, 0.15) is 43.2 Å². The molecular formula is C16H25N3O. The fourth-order valence-corrected chi connectivity index (χ4v) is 4.10. The molecule has 4 heteroatoms. The standard InChI is InChI=1S/C16H25N3O/c1-12-10-17-18-15(13(12)2)19-9-5-8-16(11-19)7-4-6-14(16)20-3/h10,14H,4-9,11H2,1-3H3/t14-,16-/m1/s1. The molecule has 0 bridgehead atoms. The van der Waals surface area contributed by atoms with Crippen LogP contribution in [0.2, 0.25) is 0 Å². The zero-order chi connectivity index (χ0) is 14.2. The predicted molar refractivity (Wildman–Crippen MR) is 80.0 cm³/mol. The zero-order valence-electron chi connectivity index (χ0n) is 12.9. The lowest BCUT2D eigenvalue weighted by atomic mass is 9.76. The molecule has 1 aromatic rings. The first-order valence-corrected chi connectivity index (χ1v) is 7.73. The molecule has 1 aliphatic carbocycles. The number of methoxy groups -OCH3 is 1. The molecule has 1 spiro atoms. The van der Waals surface area contributed by atoms with Gasteiger partial charge in [0.1, 0.15) is 0 Å². The van der Waals surface area contributed by atoms with Crippen LogP contribution >= 0.6 is 0 Å². The average molecular weight is 275 g/mol. The van der Waals surface area contributed by atoms with Gasteiger partial charge >= 0.3 is 0 Å². The van der Waals surface area contributed by atoms with Crippen LogP contribution in [0.3, 0.4) is 0 Å². The molecule has 1 aliphatic heterocycles. The van der Waals surface area contributed by atoms with Gasteiger partial charge in [0.05, 0.1) is 12.3 Å². The van der Waals surface area contributed by atoms with Gasteiger partial charge in [-0.05, 0) is 50.7 Å². The van der Waals surface area contributed by atoms with Crippen molar-refractivity contribution in [2.75, 3.05) is 25.1 Å². The second kappa shape index (κ2) is 5.32. The van der Waals surface area contributed by atoms with Gasteiger partial charge in [-0.2, -0.15) is 5.10 Å². The van der Waals surface area contributed by atoms with Crippen molar-refractivity contribution in [2.24, 2.45) is 5.41 Å². The van der Waals surface area contributed by atoms with Crippen molar-refractivity contribution in [3.8, 4) is 0 Å². The van der Waals surface area contributed by atoms with Crippen LogP contribution in [-0.4, -0.2) is 36.5 Å². The summed E-state index contributed by atoms with van der Waals surface area (Å²) in [7, 11) is 1.87. The van der Waals surface area contributed by atoms with E-state index in [0.717, 1.165) is 18.9 Å². The molecule has 110 valence electrons. The summed E-state index contributed by atoms with van der Waals surface area (Å²) in [5.41, 5.74) is 2.83. The van der Waals surface area contributed by atoms with E-state index in [1.54, 1.807) is 0 Å². The van der Waals surface area contributed by atoms with Gasteiger partial charge in [0.2, 0.25) is 0 Å². The van der Waals surface area contributed by atoms with Crippen LogP contribution in [0.25, 0.3) is 0 Å². The van der Waals surface area contributed by atoms with Crippen LogP contribution in [0.5, 0.6) is 0 Å². The van der Waals surface area contributed by atoms with Crippen LogP contribution < -0.4 is 4.90 Å². The summed E-state index contributed by atoms with van der Waals surface area (Å²) in [4.78, 5) is 2.44. The number of hydrogen-bond donors (Lipinski definition) is 0. The molecule has 2 heterocycles. The number of ether oxygens (including phenoxy) is 1. The Balaban J connectivity index is 1.87. The van der Waals surface area contributed by atoms with Crippen molar-refractivity contribution in [1.82, 2.24) is 10.2 Å². The number of nitrogens with zero attached hydrogens (tertiary/aromatic N) is 3. The predicted octanol–water partition coefficient (Wildman–Crippen LogP) is 2.88. The van der Waals surface area contributed by atoms with Crippen molar-refractivity contribution in [3.05, 3.63) is 17.3 Å². The van der Waals surface area contributed by atoms with Crippen LogP contribution in [0.4, 0.5) is 5.82 Å². The minimum absolute atomic E-state index is 0.338. The Bertz CT molecular complexity index is 491. The Kier molecular flexibility index (Phi) is 3.67. The van der Waals surface area contributed by atoms with Crippen molar-refractivity contribution in [3.63, 3.8) is 0 Å². The maximum Gasteiger partial charge on any atom is 0.154 e. The molecule has 0 radical (unpaired) electrons. The second-order valence-electron chi connectivity index (χ2n) is 6.48. The van der Waals surface area contributed by atoms with Crippen LogP contribution in [0.15, 0.2) is 6.20 Å². The highest BCUT2D eigenvalue weighted by atomic mass is 16.5. The molecule has 2 atom stereocenters. The summed E-state index contributed by atoms with van der Waals surface area (Å²) >= 11 is 0. The van der Waals surface area contributed by atoms with Gasteiger partial charge in [-0.3, -0.25) is 0 Å². The van der Waals surface area contributed by atoms with E-state index in [1.165, 1.54) is 43.2 Å². The Morgan fingerprint density at radius 3 is 2.90 bits per heavy atom. The molecule has 0 amide bonds. The number of anilines is 1. The second-order valence-corrected chi connectivity index (χ2v) is 6.48. The van der Waals surface area contributed by atoms with E-state index in [4.69, 9.17) is 4.74 Å². The summed E-state index contributed by atoms with van der Waals surface area (Å²) in [5, 5.41) is 8.55. The van der Waals surface area contributed by atoms with Gasteiger partial charge in [-0.1, -0.05) is 6.42 Å². The molecule has 2 aliphatic rings. The fourth-order valence-electron chi connectivity index (χ4n) is 4.10. The molecule has 20 heavy (non-hydrogen) atoms. The van der Waals surface area contributed by atoms with Crippen LogP contribution in [-0.2, 0) is 4.74 Å². The highest BCUT2D eigenvalue weighted by Gasteiger charge is 2.46. The highest BCUT2D eigenvalue weighted by Crippen LogP contribution is 2.47. The lowest BCUT2D eigenvalue weighted by molar-refractivity contribution is 0.00212. The van der Waals surface area contributed by atoms with Crippen molar-refractivity contribution < 1.29 is 4.74 Å². The lowest BCUT2D eigenvalue weighted by Crippen LogP contribution is -2.48. The minimum atomic E-state index is 0.338. The normalized spacial score (nSPS) is 30.1. The highest BCUT2D eigenvalue weighted by molar-refractivity contribution is 5.48. The largest absolute Gasteiger partial charge is 0.381 e. The lowest BCUT2D eigenvalue weighted by Gasteiger charge is -2.44. The van der Waals surface area contributed by atoms with E-state index in [1.807, 2.05) is 13.3 Å². The third-order valence-corrected chi connectivity index (χ3v) is 5.35. The summed E-state index contributed by atoms with van der Waals surface area (Å²) in [5.74, 6) is 1.07. The van der Waals surface area contributed by atoms with Crippen molar-refractivity contribution in [1.29, 1.82) is 0 Å². The summed E-state index contributed by atoms with van der Waals surface area (Å²) in [6, 6.07) is 0. The molecule has 1 saturated carbocycles. The Labute approximate surface area is 121 Å². The number of piperidine rings is 1. The molecule has 2 fully saturated rings. The smallest absolute Gasteiger partial charge is 0.154 e. The fraction of sp³-hybridized carbons (Fsp3) is 0.750. The quantitative estimate of drug-likeness (QED) is 0.832. The Hall–Kier alpha value is -1.16. The van der Waals surface area contributed by atoms with Gasteiger partial charge in [-0.25, -0.2) is 0 Å². The number of aromatic nitrogens is 2. The molecule has 0 unspecified atom stereocenters. The molecule has 1 aromatic heterocycles. The zero-order valence-corrected chi connectivity index (χ0v) is 12.9. The van der Waals surface area contributed by atoms with E-state index in [2.05, 4.69) is 28.9 Å². The summed E-state index contributed by atoms with van der Waals surface area (Å²) in [6.07, 6.45) is 8.60. The van der Waals surface area contributed by atoms with Crippen molar-refractivity contribution >= 4 is 5.82 Å². The summed E-state index contributed by atoms with van der Waals surface area (Å²) < 4.78 is 5.78. The SMILES string of the molecule is CO[C@@H]1CCC[C@]12CCCN(c1nncc(C)c1C)C2. The molecular weight excluding hydrogens is 250 g/mol. The molecule has 4 nitrogen and oxygen atoms in total. The number of hydrogen-bond acceptors (Lipinski definition) is 4. The average Bonchev–Trinajstić information content (AvgIpc) is 2.84. The first-order chi connectivity index (χ1) is 9.66. The minimum Gasteiger partial charge on any atom is -0.381 e. The van der Waals surface area contributed by atoms with E-state index >= 15 is 0 Å². The topological polar surface area (TPSA) is 38.2 Å². The van der Waals surface area contributed by atoms with E-state index < -0.39 is 0 Å².